The molecule has 0 aromatic heterocycles. The molecule has 0 heterocycles. The van der Waals surface area contributed by atoms with Gasteiger partial charge >= 0.3 is 16.1 Å². The van der Waals surface area contributed by atoms with E-state index in [1.807, 2.05) is 13.0 Å². The summed E-state index contributed by atoms with van der Waals surface area (Å²) in [5.74, 6) is -0.395. The predicted molar refractivity (Wildman–Crippen MR) is 73.3 cm³/mol. The molecule has 5 heteroatoms. The van der Waals surface area contributed by atoms with Crippen LogP contribution in [-0.4, -0.2) is 14.4 Å². The third-order valence-corrected chi connectivity index (χ3v) is 5.32. The lowest BCUT2D eigenvalue weighted by molar-refractivity contribution is -0.139. The summed E-state index contributed by atoms with van der Waals surface area (Å²) in [5, 5.41) is 0. The zero-order valence-corrected chi connectivity index (χ0v) is 12.0. The lowest BCUT2D eigenvalue weighted by Gasteiger charge is -2.16. The van der Waals surface area contributed by atoms with E-state index in [1.54, 1.807) is 12.1 Å². The van der Waals surface area contributed by atoms with E-state index in [9.17, 15) is 13.2 Å². The van der Waals surface area contributed by atoms with Crippen LogP contribution in [0.15, 0.2) is 41.3 Å². The highest BCUT2D eigenvalue weighted by Crippen LogP contribution is 2.44. The molecule has 1 saturated carbocycles. The highest BCUT2D eigenvalue weighted by atomic mass is 32.2. The smallest absolute Gasteiger partial charge is 0.341 e. The van der Waals surface area contributed by atoms with Crippen molar-refractivity contribution in [3.05, 3.63) is 42.0 Å². The Balaban J connectivity index is 1.75. The van der Waals surface area contributed by atoms with Crippen LogP contribution in [0.2, 0.25) is 0 Å². The van der Waals surface area contributed by atoms with E-state index in [4.69, 9.17) is 4.18 Å². The molecule has 3 atom stereocenters. The molecular weight excluding hydrogens is 276 g/mol. The number of aryl methyl sites for hydroxylation is 1. The molecule has 2 bridgehead atoms. The molecule has 2 aliphatic carbocycles. The molecule has 2 aliphatic rings. The first-order valence-electron chi connectivity index (χ1n) is 6.69. The van der Waals surface area contributed by atoms with Crippen molar-refractivity contribution in [1.82, 2.24) is 0 Å². The highest BCUT2D eigenvalue weighted by molar-refractivity contribution is 7.87. The lowest BCUT2D eigenvalue weighted by atomic mass is 9.94. The fourth-order valence-electron chi connectivity index (χ4n) is 2.97. The van der Waals surface area contributed by atoms with Crippen LogP contribution in [0.1, 0.15) is 18.4 Å². The van der Waals surface area contributed by atoms with Crippen molar-refractivity contribution in [2.45, 2.75) is 24.7 Å². The molecule has 0 N–H and O–H groups in total. The topological polar surface area (TPSA) is 60.4 Å². The van der Waals surface area contributed by atoms with Crippen LogP contribution in [0, 0.1) is 24.7 Å². The van der Waals surface area contributed by atoms with Gasteiger partial charge in [-0.1, -0.05) is 29.8 Å². The number of rotatable bonds is 3. The second-order valence-electron chi connectivity index (χ2n) is 5.56. The summed E-state index contributed by atoms with van der Waals surface area (Å²) < 4.78 is 28.9. The molecule has 3 unspecified atom stereocenters. The Bertz CT molecular complexity index is 658. The van der Waals surface area contributed by atoms with Crippen molar-refractivity contribution in [1.29, 1.82) is 0 Å². The summed E-state index contributed by atoms with van der Waals surface area (Å²) in [6.45, 7) is 1.87. The number of fused-ring (bicyclic) bond motifs is 2. The molecular formula is C15H16O4S. The van der Waals surface area contributed by atoms with E-state index >= 15 is 0 Å². The molecule has 4 nitrogen and oxygen atoms in total. The molecule has 0 aliphatic heterocycles. The number of allylic oxidation sites excluding steroid dienone is 2. The van der Waals surface area contributed by atoms with E-state index in [0.29, 0.717) is 12.3 Å². The summed E-state index contributed by atoms with van der Waals surface area (Å²) in [7, 11) is -4.00. The van der Waals surface area contributed by atoms with Crippen LogP contribution in [0.25, 0.3) is 0 Å². The van der Waals surface area contributed by atoms with Crippen LogP contribution in [0.5, 0.6) is 0 Å². The number of carbonyl (C=O) groups excluding carboxylic acids is 1. The second-order valence-corrected chi connectivity index (χ2v) is 7.10. The van der Waals surface area contributed by atoms with Gasteiger partial charge in [-0.05, 0) is 43.7 Å². The zero-order valence-electron chi connectivity index (χ0n) is 11.2. The molecule has 3 rings (SSSR count). The number of hydrogen-bond donors (Lipinski definition) is 0. The van der Waals surface area contributed by atoms with Gasteiger partial charge in [-0.3, -0.25) is 4.79 Å². The minimum absolute atomic E-state index is 0.0233. The third-order valence-electron chi connectivity index (χ3n) is 4.08. The summed E-state index contributed by atoms with van der Waals surface area (Å²) in [6, 6.07) is 6.28. The Kier molecular flexibility index (Phi) is 3.17. The Labute approximate surface area is 118 Å². The highest BCUT2D eigenvalue weighted by Gasteiger charge is 2.42. The average Bonchev–Trinajstić information content (AvgIpc) is 3.01. The van der Waals surface area contributed by atoms with Crippen molar-refractivity contribution in [2.24, 2.45) is 17.8 Å². The SMILES string of the molecule is Cc1ccc(S(=O)(=O)OC(=O)C2CC3C=CC2C3)cc1. The summed E-state index contributed by atoms with van der Waals surface area (Å²) in [5.41, 5.74) is 0.952. The monoisotopic (exact) mass is 292 g/mol. The van der Waals surface area contributed by atoms with Crippen molar-refractivity contribution in [3.63, 3.8) is 0 Å². The van der Waals surface area contributed by atoms with Gasteiger partial charge in [0.1, 0.15) is 4.90 Å². The first-order chi connectivity index (χ1) is 9.45. The van der Waals surface area contributed by atoms with E-state index in [2.05, 4.69) is 6.08 Å². The van der Waals surface area contributed by atoms with Crippen LogP contribution in [0.4, 0.5) is 0 Å². The van der Waals surface area contributed by atoms with Gasteiger partial charge in [-0.25, -0.2) is 0 Å². The zero-order chi connectivity index (χ0) is 14.3. The quantitative estimate of drug-likeness (QED) is 0.634. The van der Waals surface area contributed by atoms with Gasteiger partial charge in [-0.15, -0.1) is 0 Å². The molecule has 0 spiro atoms. The van der Waals surface area contributed by atoms with Gasteiger partial charge in [-0.2, -0.15) is 8.42 Å². The number of benzene rings is 1. The van der Waals surface area contributed by atoms with Gasteiger partial charge in [0.15, 0.2) is 0 Å². The van der Waals surface area contributed by atoms with Gasteiger partial charge in [0, 0.05) is 0 Å². The largest absolute Gasteiger partial charge is 0.342 e. The standard InChI is InChI=1S/C15H16O4S/c1-10-2-6-13(7-3-10)20(17,18)19-15(16)14-9-11-4-5-12(14)8-11/h2-7,11-12,14H,8-9H2,1H3. The number of carbonyl (C=O) groups is 1. The van der Waals surface area contributed by atoms with E-state index in [0.717, 1.165) is 12.0 Å². The van der Waals surface area contributed by atoms with Gasteiger partial charge in [0.2, 0.25) is 0 Å². The van der Waals surface area contributed by atoms with Crippen molar-refractivity contribution in [3.8, 4) is 0 Å². The van der Waals surface area contributed by atoms with Gasteiger partial charge in [0.25, 0.3) is 0 Å². The Morgan fingerprint density at radius 3 is 2.40 bits per heavy atom. The molecule has 1 fully saturated rings. The molecule has 1 aromatic carbocycles. The van der Waals surface area contributed by atoms with Crippen molar-refractivity contribution < 1.29 is 17.4 Å². The Morgan fingerprint density at radius 2 is 1.85 bits per heavy atom. The fraction of sp³-hybridized carbons (Fsp3) is 0.400. The van der Waals surface area contributed by atoms with Crippen LogP contribution in [0.3, 0.4) is 0 Å². The maximum absolute atomic E-state index is 12.1. The van der Waals surface area contributed by atoms with E-state index in [1.165, 1.54) is 12.1 Å². The average molecular weight is 292 g/mol. The van der Waals surface area contributed by atoms with Crippen LogP contribution < -0.4 is 0 Å². The lowest BCUT2D eigenvalue weighted by Crippen LogP contribution is -2.24. The third kappa shape index (κ3) is 2.38. The van der Waals surface area contributed by atoms with Gasteiger partial charge < -0.3 is 4.18 Å². The summed E-state index contributed by atoms with van der Waals surface area (Å²) in [6.07, 6.45) is 5.73. The Morgan fingerprint density at radius 1 is 1.15 bits per heavy atom. The maximum atomic E-state index is 12.1. The molecule has 20 heavy (non-hydrogen) atoms. The van der Waals surface area contributed by atoms with Crippen molar-refractivity contribution in [2.75, 3.05) is 0 Å². The summed E-state index contributed by atoms with van der Waals surface area (Å²) in [4.78, 5) is 12.1. The molecule has 0 radical (unpaired) electrons. The van der Waals surface area contributed by atoms with Crippen molar-refractivity contribution >= 4 is 16.1 Å². The van der Waals surface area contributed by atoms with E-state index in [-0.39, 0.29) is 16.7 Å². The molecule has 0 amide bonds. The normalized spacial score (nSPS) is 27.8. The predicted octanol–water partition coefficient (Wildman–Crippen LogP) is 2.44. The molecule has 1 aromatic rings. The first-order valence-corrected chi connectivity index (χ1v) is 8.10. The van der Waals surface area contributed by atoms with Crippen LogP contribution in [-0.2, 0) is 19.1 Å². The molecule has 0 saturated heterocycles. The summed E-state index contributed by atoms with van der Waals surface area (Å²) >= 11 is 0. The fourth-order valence-corrected chi connectivity index (χ4v) is 3.88. The van der Waals surface area contributed by atoms with Gasteiger partial charge in [0.05, 0.1) is 5.92 Å². The van der Waals surface area contributed by atoms with Crippen LogP contribution >= 0.6 is 0 Å². The van der Waals surface area contributed by atoms with E-state index < -0.39 is 16.1 Å². The Hall–Kier alpha value is -1.62. The first kappa shape index (κ1) is 13.4. The molecule has 106 valence electrons. The minimum Gasteiger partial charge on any atom is -0.342 e. The number of hydrogen-bond acceptors (Lipinski definition) is 4. The minimum atomic E-state index is -4.00. The second kappa shape index (κ2) is 4.74. The maximum Gasteiger partial charge on any atom is 0.341 e.